The third-order valence-corrected chi connectivity index (χ3v) is 5.25. The van der Waals surface area contributed by atoms with Crippen LogP contribution in [-0.4, -0.2) is 20.7 Å². The zero-order valence-corrected chi connectivity index (χ0v) is 15.4. The zero-order valence-electron chi connectivity index (χ0n) is 13.0. The predicted octanol–water partition coefficient (Wildman–Crippen LogP) is 3.73. The summed E-state index contributed by atoms with van der Waals surface area (Å²) in [7, 11) is 0. The highest BCUT2D eigenvalue weighted by Gasteiger charge is 2.04. The first kappa shape index (κ1) is 16.9. The minimum absolute atomic E-state index is 0.0889. The Kier molecular flexibility index (Phi) is 5.77. The van der Waals surface area contributed by atoms with E-state index in [0.717, 1.165) is 27.9 Å². The molecule has 0 unspecified atom stereocenters. The number of carbonyl (C=O) groups excluding carboxylic acids is 1. The van der Waals surface area contributed by atoms with Crippen molar-refractivity contribution >= 4 is 33.2 Å². The van der Waals surface area contributed by atoms with E-state index in [-0.39, 0.29) is 5.91 Å². The first-order valence-corrected chi connectivity index (χ1v) is 9.26. The van der Waals surface area contributed by atoms with Gasteiger partial charge in [0.1, 0.15) is 12.7 Å². The number of aryl methyl sites for hydroxylation is 1. The molecule has 0 spiro atoms. The van der Waals surface area contributed by atoms with Gasteiger partial charge in [-0.15, -0.1) is 11.3 Å². The molecule has 0 aliphatic heterocycles. The normalized spacial score (nSPS) is 10.7. The SMILES string of the molecule is O=C(CCCc1ccc(Br)s1)NCc1ccc(-n2cncn2)cc1. The first-order valence-electron chi connectivity index (χ1n) is 7.65. The molecule has 0 aliphatic rings. The molecule has 2 aromatic heterocycles. The van der Waals surface area contributed by atoms with E-state index in [2.05, 4.69) is 37.4 Å². The van der Waals surface area contributed by atoms with Gasteiger partial charge in [0, 0.05) is 17.8 Å². The van der Waals surface area contributed by atoms with Gasteiger partial charge in [0.15, 0.2) is 0 Å². The molecule has 0 saturated heterocycles. The molecule has 1 amide bonds. The van der Waals surface area contributed by atoms with Gasteiger partial charge in [0.05, 0.1) is 9.47 Å². The second-order valence-corrected chi connectivity index (χ2v) is 7.89. The average Bonchev–Trinajstić information content (AvgIpc) is 3.25. The van der Waals surface area contributed by atoms with E-state index < -0.39 is 0 Å². The van der Waals surface area contributed by atoms with Crippen molar-refractivity contribution < 1.29 is 4.79 Å². The molecule has 0 radical (unpaired) electrons. The number of rotatable bonds is 7. The van der Waals surface area contributed by atoms with E-state index >= 15 is 0 Å². The standard InChI is InChI=1S/C17H17BrN4OS/c18-16-9-8-15(24-16)2-1-3-17(23)20-10-13-4-6-14(7-5-13)22-12-19-11-21-22/h4-9,11-12H,1-3,10H2,(H,20,23). The van der Waals surface area contributed by atoms with Gasteiger partial charge in [-0.1, -0.05) is 12.1 Å². The summed E-state index contributed by atoms with van der Waals surface area (Å²) < 4.78 is 2.84. The maximum absolute atomic E-state index is 11.9. The summed E-state index contributed by atoms with van der Waals surface area (Å²) in [6.07, 6.45) is 5.51. The van der Waals surface area contributed by atoms with Crippen LogP contribution in [0.1, 0.15) is 23.3 Å². The van der Waals surface area contributed by atoms with Gasteiger partial charge in [-0.05, 0) is 58.6 Å². The van der Waals surface area contributed by atoms with Gasteiger partial charge >= 0.3 is 0 Å². The van der Waals surface area contributed by atoms with Gasteiger partial charge in [-0.2, -0.15) is 5.10 Å². The van der Waals surface area contributed by atoms with Crippen molar-refractivity contribution in [2.24, 2.45) is 0 Å². The average molecular weight is 405 g/mol. The number of amides is 1. The molecule has 2 heterocycles. The summed E-state index contributed by atoms with van der Waals surface area (Å²) in [5.74, 6) is 0.0889. The van der Waals surface area contributed by atoms with E-state index in [1.54, 1.807) is 22.3 Å². The summed E-state index contributed by atoms with van der Waals surface area (Å²) in [6, 6.07) is 12.0. The second-order valence-electron chi connectivity index (χ2n) is 5.34. The number of nitrogens with zero attached hydrogens (tertiary/aromatic N) is 3. The van der Waals surface area contributed by atoms with Crippen molar-refractivity contribution in [1.29, 1.82) is 0 Å². The summed E-state index contributed by atoms with van der Waals surface area (Å²) in [4.78, 5) is 17.2. The third kappa shape index (κ3) is 4.75. The fourth-order valence-corrected chi connectivity index (χ4v) is 3.83. The van der Waals surface area contributed by atoms with Crippen LogP contribution in [0.3, 0.4) is 0 Å². The Morgan fingerprint density at radius 1 is 1.21 bits per heavy atom. The topological polar surface area (TPSA) is 59.8 Å². The third-order valence-electron chi connectivity index (χ3n) is 3.57. The van der Waals surface area contributed by atoms with Gasteiger partial charge in [-0.3, -0.25) is 4.79 Å². The van der Waals surface area contributed by atoms with Crippen molar-refractivity contribution in [3.05, 3.63) is 63.3 Å². The zero-order chi connectivity index (χ0) is 16.8. The van der Waals surface area contributed by atoms with Crippen LogP contribution < -0.4 is 5.32 Å². The van der Waals surface area contributed by atoms with E-state index in [4.69, 9.17) is 0 Å². The lowest BCUT2D eigenvalue weighted by Gasteiger charge is -2.06. The van der Waals surface area contributed by atoms with Gasteiger partial charge in [0.25, 0.3) is 0 Å². The van der Waals surface area contributed by atoms with Crippen LogP contribution in [0.15, 0.2) is 52.8 Å². The van der Waals surface area contributed by atoms with E-state index in [9.17, 15) is 4.79 Å². The summed E-state index contributed by atoms with van der Waals surface area (Å²) >= 11 is 5.17. The largest absolute Gasteiger partial charge is 0.352 e. The second kappa shape index (κ2) is 8.21. The molecule has 1 aromatic carbocycles. The van der Waals surface area contributed by atoms with Gasteiger partial charge in [-0.25, -0.2) is 9.67 Å². The number of halogens is 1. The molecule has 7 heteroatoms. The molecule has 0 aliphatic carbocycles. The maximum Gasteiger partial charge on any atom is 0.220 e. The Labute approximate surface area is 152 Å². The number of aromatic nitrogens is 3. The van der Waals surface area contributed by atoms with Crippen LogP contribution in [0, 0.1) is 0 Å². The fraction of sp³-hybridized carbons (Fsp3) is 0.235. The van der Waals surface area contributed by atoms with Crippen LogP contribution in [0.25, 0.3) is 5.69 Å². The molecule has 3 rings (SSSR count). The number of benzene rings is 1. The Morgan fingerprint density at radius 2 is 2.04 bits per heavy atom. The van der Waals surface area contributed by atoms with E-state index in [1.807, 2.05) is 30.3 Å². The predicted molar refractivity (Wildman–Crippen MR) is 98.2 cm³/mol. The number of carbonyl (C=O) groups is 1. The van der Waals surface area contributed by atoms with Crippen molar-refractivity contribution in [2.75, 3.05) is 0 Å². The number of thiophene rings is 1. The highest BCUT2D eigenvalue weighted by Crippen LogP contribution is 2.23. The fourth-order valence-electron chi connectivity index (χ4n) is 2.31. The first-order chi connectivity index (χ1) is 11.7. The Bertz CT molecular complexity index is 783. The molecule has 0 saturated carbocycles. The molecule has 1 N–H and O–H groups in total. The van der Waals surface area contributed by atoms with E-state index in [0.29, 0.717) is 13.0 Å². The molecule has 5 nitrogen and oxygen atoms in total. The van der Waals surface area contributed by atoms with Crippen LogP contribution >= 0.6 is 27.3 Å². The van der Waals surface area contributed by atoms with Gasteiger partial charge < -0.3 is 5.32 Å². The minimum atomic E-state index is 0.0889. The van der Waals surface area contributed by atoms with Crippen molar-refractivity contribution in [3.63, 3.8) is 0 Å². The van der Waals surface area contributed by atoms with Crippen LogP contribution in [0.2, 0.25) is 0 Å². The Balaban J connectivity index is 1.41. The van der Waals surface area contributed by atoms with Crippen molar-refractivity contribution in [1.82, 2.24) is 20.1 Å². The van der Waals surface area contributed by atoms with Crippen LogP contribution in [-0.2, 0) is 17.8 Å². The summed E-state index contributed by atoms with van der Waals surface area (Å²) in [5.41, 5.74) is 2.01. The van der Waals surface area contributed by atoms with Gasteiger partial charge in [0.2, 0.25) is 5.91 Å². The number of hydrogen-bond acceptors (Lipinski definition) is 4. The molecule has 24 heavy (non-hydrogen) atoms. The molecule has 124 valence electrons. The van der Waals surface area contributed by atoms with Crippen molar-refractivity contribution in [3.8, 4) is 5.69 Å². The van der Waals surface area contributed by atoms with Crippen LogP contribution in [0.5, 0.6) is 0 Å². The quantitative estimate of drug-likeness (QED) is 0.652. The Morgan fingerprint density at radius 3 is 2.71 bits per heavy atom. The lowest BCUT2D eigenvalue weighted by Crippen LogP contribution is -2.22. The monoisotopic (exact) mass is 404 g/mol. The number of hydrogen-bond donors (Lipinski definition) is 1. The van der Waals surface area contributed by atoms with Crippen molar-refractivity contribution in [2.45, 2.75) is 25.8 Å². The molecule has 0 atom stereocenters. The van der Waals surface area contributed by atoms with Crippen LogP contribution in [0.4, 0.5) is 0 Å². The van der Waals surface area contributed by atoms with E-state index in [1.165, 1.54) is 11.2 Å². The Hall–Kier alpha value is -1.99. The molecule has 0 bridgehead atoms. The molecule has 3 aromatic rings. The lowest BCUT2D eigenvalue weighted by atomic mass is 10.2. The summed E-state index contributed by atoms with van der Waals surface area (Å²) in [5, 5.41) is 7.05. The highest BCUT2D eigenvalue weighted by atomic mass is 79.9. The highest BCUT2D eigenvalue weighted by molar-refractivity contribution is 9.11. The number of nitrogens with one attached hydrogen (secondary N) is 1. The summed E-state index contributed by atoms with van der Waals surface area (Å²) in [6.45, 7) is 0.543. The molecular formula is C17H17BrN4OS. The molecular weight excluding hydrogens is 388 g/mol. The molecule has 0 fully saturated rings. The smallest absolute Gasteiger partial charge is 0.220 e. The minimum Gasteiger partial charge on any atom is -0.352 e. The maximum atomic E-state index is 11.9. The lowest BCUT2D eigenvalue weighted by molar-refractivity contribution is -0.121.